The molecule has 0 aromatic heterocycles. The molecule has 3 heteroatoms. The van der Waals surface area contributed by atoms with Crippen LogP contribution < -0.4 is 0 Å². The molecule has 20 heavy (non-hydrogen) atoms. The summed E-state index contributed by atoms with van der Waals surface area (Å²) >= 11 is 0. The minimum absolute atomic E-state index is 0. The van der Waals surface area contributed by atoms with Gasteiger partial charge in [-0.25, -0.2) is 0 Å². The minimum Gasteiger partial charge on any atom is -0.508 e. The lowest BCUT2D eigenvalue weighted by atomic mass is 9.52. The van der Waals surface area contributed by atoms with Crippen LogP contribution in [0.1, 0.15) is 43.2 Å². The molecule has 4 rings (SSSR count). The van der Waals surface area contributed by atoms with E-state index in [0.29, 0.717) is 11.2 Å². The van der Waals surface area contributed by atoms with Crippen molar-refractivity contribution in [1.29, 1.82) is 0 Å². The molecule has 3 aliphatic rings. The van der Waals surface area contributed by atoms with Crippen LogP contribution in [-0.2, 0) is 11.8 Å². The fraction of sp³-hybridized carbons (Fsp3) is 0.647. The Balaban J connectivity index is 0.00000121. The Kier molecular flexibility index (Phi) is 3.50. The van der Waals surface area contributed by atoms with Crippen molar-refractivity contribution in [3.63, 3.8) is 0 Å². The number of likely N-dealkylation sites (N-methyl/N-ethyl adjacent to an activating group) is 1. The van der Waals surface area contributed by atoms with E-state index in [1.54, 1.807) is 0 Å². The van der Waals surface area contributed by atoms with E-state index in [9.17, 15) is 5.11 Å². The van der Waals surface area contributed by atoms with E-state index in [1.165, 1.54) is 56.2 Å². The smallest absolute Gasteiger partial charge is 0.115 e. The molecular formula is C17H24ClNO. The van der Waals surface area contributed by atoms with E-state index in [4.69, 9.17) is 0 Å². The molecule has 1 saturated heterocycles. The molecule has 0 amide bonds. The summed E-state index contributed by atoms with van der Waals surface area (Å²) < 4.78 is 0. The van der Waals surface area contributed by atoms with Crippen LogP contribution >= 0.6 is 12.4 Å². The highest BCUT2D eigenvalue weighted by atomic mass is 35.5. The van der Waals surface area contributed by atoms with Crippen molar-refractivity contribution < 1.29 is 5.11 Å². The van der Waals surface area contributed by atoms with Gasteiger partial charge in [0.25, 0.3) is 0 Å². The number of halogens is 1. The minimum atomic E-state index is 0. The number of piperidine rings is 1. The highest BCUT2D eigenvalue weighted by Crippen LogP contribution is 2.55. The van der Waals surface area contributed by atoms with Gasteiger partial charge in [-0.1, -0.05) is 18.9 Å². The lowest BCUT2D eigenvalue weighted by Crippen LogP contribution is -2.59. The number of hydrogen-bond donors (Lipinski definition) is 1. The zero-order valence-corrected chi connectivity index (χ0v) is 13.0. The first kappa shape index (κ1) is 14.2. The number of phenolic OH excluding ortho intramolecular Hbond substituents is 1. The van der Waals surface area contributed by atoms with Crippen LogP contribution in [0.4, 0.5) is 0 Å². The van der Waals surface area contributed by atoms with Gasteiger partial charge in [-0.3, -0.25) is 0 Å². The number of rotatable bonds is 0. The van der Waals surface area contributed by atoms with E-state index in [-0.39, 0.29) is 12.4 Å². The van der Waals surface area contributed by atoms with Gasteiger partial charge in [0.15, 0.2) is 0 Å². The number of phenols is 1. The number of benzene rings is 1. The molecule has 1 N–H and O–H groups in total. The number of aromatic hydroxyl groups is 1. The van der Waals surface area contributed by atoms with E-state index in [2.05, 4.69) is 24.1 Å². The molecule has 3 atom stereocenters. The van der Waals surface area contributed by atoms with E-state index < -0.39 is 0 Å². The lowest BCUT2D eigenvalue weighted by Gasteiger charge is -2.58. The van der Waals surface area contributed by atoms with E-state index >= 15 is 0 Å². The molecule has 0 radical (unpaired) electrons. The Bertz CT molecular complexity index is 518. The van der Waals surface area contributed by atoms with Gasteiger partial charge in [-0.05, 0) is 68.5 Å². The molecule has 3 unspecified atom stereocenters. The number of likely N-dealkylation sites (tertiary alicyclic amines) is 1. The fourth-order valence-electron chi connectivity index (χ4n) is 5.18. The largest absolute Gasteiger partial charge is 0.508 e. The molecule has 1 aromatic rings. The topological polar surface area (TPSA) is 23.5 Å². The Hall–Kier alpha value is -0.730. The van der Waals surface area contributed by atoms with Crippen molar-refractivity contribution in [3.8, 4) is 5.75 Å². The Morgan fingerprint density at radius 2 is 2.10 bits per heavy atom. The van der Waals surface area contributed by atoms with Crippen molar-refractivity contribution in [1.82, 2.24) is 4.90 Å². The van der Waals surface area contributed by atoms with Crippen molar-refractivity contribution in [2.45, 2.75) is 50.0 Å². The van der Waals surface area contributed by atoms with Gasteiger partial charge < -0.3 is 10.0 Å². The third-order valence-corrected chi connectivity index (χ3v) is 6.10. The second-order valence-electron chi connectivity index (χ2n) is 6.85. The first-order chi connectivity index (χ1) is 9.21. The zero-order valence-electron chi connectivity index (χ0n) is 12.1. The van der Waals surface area contributed by atoms with Crippen LogP contribution in [-0.4, -0.2) is 29.6 Å². The molecule has 2 bridgehead atoms. The monoisotopic (exact) mass is 293 g/mol. The van der Waals surface area contributed by atoms with Crippen LogP contribution in [0.5, 0.6) is 5.75 Å². The third kappa shape index (κ3) is 1.81. The number of nitrogens with zero attached hydrogens (tertiary/aromatic N) is 1. The first-order valence-corrected chi connectivity index (χ1v) is 7.73. The Morgan fingerprint density at radius 1 is 1.25 bits per heavy atom. The maximum absolute atomic E-state index is 9.91. The summed E-state index contributed by atoms with van der Waals surface area (Å²) in [6, 6.07) is 6.85. The van der Waals surface area contributed by atoms with Gasteiger partial charge in [0.2, 0.25) is 0 Å². The molecule has 1 aromatic carbocycles. The van der Waals surface area contributed by atoms with Crippen molar-refractivity contribution >= 4 is 12.4 Å². The maximum atomic E-state index is 9.91. The van der Waals surface area contributed by atoms with Gasteiger partial charge >= 0.3 is 0 Å². The highest BCUT2D eigenvalue weighted by molar-refractivity contribution is 5.85. The summed E-state index contributed by atoms with van der Waals surface area (Å²) in [5.74, 6) is 1.27. The standard InChI is InChI=1S/C17H23NO.ClH/c1-18-9-8-17-7-3-2-4-14(17)16(18)10-12-5-6-13(19)11-15(12)17;/h5-6,11,14,16,19H,2-4,7-10H2,1H3;1H. The van der Waals surface area contributed by atoms with E-state index in [0.717, 1.165) is 12.0 Å². The lowest BCUT2D eigenvalue weighted by molar-refractivity contribution is 0.00274. The highest BCUT2D eigenvalue weighted by Gasteiger charge is 2.52. The van der Waals surface area contributed by atoms with Gasteiger partial charge in [0.1, 0.15) is 5.75 Å². The van der Waals surface area contributed by atoms with Gasteiger partial charge in [0.05, 0.1) is 0 Å². The van der Waals surface area contributed by atoms with Gasteiger partial charge in [0, 0.05) is 11.5 Å². The molecule has 2 fully saturated rings. The fourth-order valence-corrected chi connectivity index (χ4v) is 5.18. The SMILES string of the molecule is CN1CCC23CCCCC2C1Cc1ccc(O)cc13.Cl. The Morgan fingerprint density at radius 3 is 2.95 bits per heavy atom. The molecule has 2 aliphatic carbocycles. The van der Waals surface area contributed by atoms with Crippen molar-refractivity contribution in [3.05, 3.63) is 29.3 Å². The summed E-state index contributed by atoms with van der Waals surface area (Å²) in [7, 11) is 2.30. The number of hydrogen-bond acceptors (Lipinski definition) is 2. The summed E-state index contributed by atoms with van der Waals surface area (Å²) in [6.45, 7) is 1.22. The Labute approximate surface area is 127 Å². The van der Waals surface area contributed by atoms with Gasteiger partial charge in [-0.2, -0.15) is 0 Å². The summed E-state index contributed by atoms with van der Waals surface area (Å²) in [4.78, 5) is 2.59. The average Bonchev–Trinajstić information content (AvgIpc) is 2.43. The predicted octanol–water partition coefficient (Wildman–Crippen LogP) is 3.50. The van der Waals surface area contributed by atoms with Crippen LogP contribution in [0.2, 0.25) is 0 Å². The quantitative estimate of drug-likeness (QED) is 0.791. The summed E-state index contributed by atoms with van der Waals surface area (Å²) in [6.07, 6.45) is 7.93. The van der Waals surface area contributed by atoms with Crippen LogP contribution in [0.15, 0.2) is 18.2 Å². The second kappa shape index (κ2) is 4.92. The van der Waals surface area contributed by atoms with Crippen LogP contribution in [0.25, 0.3) is 0 Å². The van der Waals surface area contributed by atoms with Crippen molar-refractivity contribution in [2.24, 2.45) is 5.92 Å². The van der Waals surface area contributed by atoms with E-state index in [1.807, 2.05) is 6.07 Å². The summed E-state index contributed by atoms with van der Waals surface area (Å²) in [5, 5.41) is 9.91. The van der Waals surface area contributed by atoms with Crippen LogP contribution in [0, 0.1) is 5.92 Å². The van der Waals surface area contributed by atoms with Crippen LogP contribution in [0.3, 0.4) is 0 Å². The zero-order chi connectivity index (χ0) is 13.0. The summed E-state index contributed by atoms with van der Waals surface area (Å²) in [5.41, 5.74) is 3.36. The third-order valence-electron chi connectivity index (χ3n) is 6.10. The molecule has 0 spiro atoms. The average molecular weight is 294 g/mol. The molecule has 1 heterocycles. The first-order valence-electron chi connectivity index (χ1n) is 7.73. The maximum Gasteiger partial charge on any atom is 0.115 e. The normalized spacial score (nSPS) is 35.6. The molecule has 110 valence electrons. The predicted molar refractivity (Wildman–Crippen MR) is 83.7 cm³/mol. The number of fused-ring (bicyclic) bond motifs is 1. The van der Waals surface area contributed by atoms with Gasteiger partial charge in [-0.15, -0.1) is 12.4 Å². The molecular weight excluding hydrogens is 270 g/mol. The molecule has 1 saturated carbocycles. The second-order valence-corrected chi connectivity index (χ2v) is 6.85. The molecule has 1 aliphatic heterocycles. The molecule has 2 nitrogen and oxygen atoms in total. The van der Waals surface area contributed by atoms with Crippen molar-refractivity contribution in [2.75, 3.05) is 13.6 Å².